The van der Waals surface area contributed by atoms with Crippen LogP contribution >= 0.6 is 0 Å². The largest absolute Gasteiger partial charge is 0.457 e. The molecule has 2 N–H and O–H groups in total. The Balaban J connectivity index is 2.13. The van der Waals surface area contributed by atoms with Gasteiger partial charge >= 0.3 is 5.97 Å². The van der Waals surface area contributed by atoms with Crippen LogP contribution in [-0.4, -0.2) is 60.8 Å². The van der Waals surface area contributed by atoms with Crippen molar-refractivity contribution in [3.63, 3.8) is 0 Å². The molecule has 1 amide bonds. The normalized spacial score (nSPS) is 26.9. The van der Waals surface area contributed by atoms with E-state index in [1.807, 2.05) is 30.3 Å². The van der Waals surface area contributed by atoms with Crippen molar-refractivity contribution in [3.8, 4) is 12.3 Å². The molecule has 1 aliphatic rings. The van der Waals surface area contributed by atoms with Gasteiger partial charge in [0, 0.05) is 13.8 Å². The smallest absolute Gasteiger partial charge is 0.303 e. The molecule has 152 valence electrons. The van der Waals surface area contributed by atoms with Gasteiger partial charge in [0.15, 0.2) is 12.4 Å². The van der Waals surface area contributed by atoms with Crippen molar-refractivity contribution < 1.29 is 33.6 Å². The zero-order valence-corrected chi connectivity index (χ0v) is 15.9. The first kappa shape index (κ1) is 21.9. The molecule has 0 aromatic heterocycles. The molecular formula is C20H25NO7. The molecule has 1 heterocycles. The zero-order chi connectivity index (χ0) is 20.5. The summed E-state index contributed by atoms with van der Waals surface area (Å²) >= 11 is 0. The minimum Gasteiger partial charge on any atom is -0.457 e. The van der Waals surface area contributed by atoms with Crippen LogP contribution in [0, 0.1) is 12.3 Å². The summed E-state index contributed by atoms with van der Waals surface area (Å²) in [6.45, 7) is 2.80. The molecule has 0 saturated carbocycles. The van der Waals surface area contributed by atoms with Crippen molar-refractivity contribution in [2.45, 2.75) is 51.1 Å². The van der Waals surface area contributed by atoms with Gasteiger partial charge < -0.3 is 29.4 Å². The van der Waals surface area contributed by atoms with Gasteiger partial charge in [-0.3, -0.25) is 9.59 Å². The van der Waals surface area contributed by atoms with Crippen LogP contribution in [0.25, 0.3) is 0 Å². The molecule has 0 radical (unpaired) electrons. The summed E-state index contributed by atoms with van der Waals surface area (Å²) < 4.78 is 22.2. The minimum atomic E-state index is -1.39. The van der Waals surface area contributed by atoms with Gasteiger partial charge in [0.1, 0.15) is 24.9 Å². The highest BCUT2D eigenvalue weighted by Crippen LogP contribution is 2.26. The van der Waals surface area contributed by atoms with Crippen molar-refractivity contribution in [3.05, 3.63) is 35.9 Å². The molecule has 1 fully saturated rings. The summed E-state index contributed by atoms with van der Waals surface area (Å²) in [5.74, 6) is 1.37. The number of benzene rings is 1. The van der Waals surface area contributed by atoms with Gasteiger partial charge in [-0.2, -0.15) is 0 Å². The standard InChI is InChI=1S/C20H25NO7/c1-4-10-26-19-17(21-13(2)22)20(24)28-16(18(19)27-14(3)23)12-25-11-15-8-6-5-7-9-15/h1,5-9,16-20,24H,10-12H2,2-3H3,(H,21,22)/t16-,17-,18-,19-,20-/m1/s1. The molecule has 1 aliphatic heterocycles. The number of aliphatic hydroxyl groups is 1. The Morgan fingerprint density at radius 2 is 1.96 bits per heavy atom. The van der Waals surface area contributed by atoms with E-state index in [1.54, 1.807) is 0 Å². The molecule has 28 heavy (non-hydrogen) atoms. The second-order valence-corrected chi connectivity index (χ2v) is 6.35. The summed E-state index contributed by atoms with van der Waals surface area (Å²) in [4.78, 5) is 23.1. The Morgan fingerprint density at radius 3 is 2.57 bits per heavy atom. The highest BCUT2D eigenvalue weighted by atomic mass is 16.7. The van der Waals surface area contributed by atoms with Crippen LogP contribution in [0.15, 0.2) is 30.3 Å². The quantitative estimate of drug-likeness (QED) is 0.488. The Morgan fingerprint density at radius 1 is 1.25 bits per heavy atom. The van der Waals surface area contributed by atoms with E-state index in [2.05, 4.69) is 11.2 Å². The van der Waals surface area contributed by atoms with Gasteiger partial charge in [-0.15, -0.1) is 6.42 Å². The molecule has 1 aromatic rings. The molecule has 1 aromatic carbocycles. The second kappa shape index (κ2) is 10.8. The van der Waals surface area contributed by atoms with Gasteiger partial charge in [0.2, 0.25) is 5.91 Å². The van der Waals surface area contributed by atoms with Gasteiger partial charge in [0.25, 0.3) is 0 Å². The Kier molecular flexibility index (Phi) is 8.42. The maximum Gasteiger partial charge on any atom is 0.303 e. The first-order valence-electron chi connectivity index (χ1n) is 8.87. The number of amides is 1. The maximum absolute atomic E-state index is 11.6. The van der Waals surface area contributed by atoms with E-state index in [0.29, 0.717) is 6.61 Å². The van der Waals surface area contributed by atoms with Crippen LogP contribution in [0.1, 0.15) is 19.4 Å². The summed E-state index contributed by atoms with van der Waals surface area (Å²) in [6, 6.07) is 8.54. The summed E-state index contributed by atoms with van der Waals surface area (Å²) in [6.07, 6.45) is 1.24. The Hall–Kier alpha value is -2.44. The van der Waals surface area contributed by atoms with Gasteiger partial charge in [-0.05, 0) is 5.56 Å². The summed E-state index contributed by atoms with van der Waals surface area (Å²) in [7, 11) is 0. The van der Waals surface area contributed by atoms with E-state index in [9.17, 15) is 14.7 Å². The van der Waals surface area contributed by atoms with Crippen LogP contribution in [-0.2, 0) is 35.1 Å². The van der Waals surface area contributed by atoms with Crippen molar-refractivity contribution in [2.75, 3.05) is 13.2 Å². The average molecular weight is 391 g/mol. The van der Waals surface area contributed by atoms with Gasteiger partial charge in [-0.1, -0.05) is 36.3 Å². The fraction of sp³-hybridized carbons (Fsp3) is 0.500. The van der Waals surface area contributed by atoms with Crippen molar-refractivity contribution in [1.82, 2.24) is 5.32 Å². The number of esters is 1. The fourth-order valence-corrected chi connectivity index (χ4v) is 2.99. The summed E-state index contributed by atoms with van der Waals surface area (Å²) in [5.41, 5.74) is 0.958. The molecular weight excluding hydrogens is 366 g/mol. The van der Waals surface area contributed by atoms with Crippen molar-refractivity contribution in [1.29, 1.82) is 0 Å². The third-order valence-corrected chi connectivity index (χ3v) is 4.09. The minimum absolute atomic E-state index is 0.0343. The number of terminal acetylenes is 1. The van der Waals surface area contributed by atoms with E-state index in [0.717, 1.165) is 5.56 Å². The molecule has 0 unspecified atom stereocenters. The number of aliphatic hydroxyl groups excluding tert-OH is 1. The SMILES string of the molecule is C#CCO[C@@H]1[C@@H](NC(C)=O)[C@H](O)O[C@H](COCc2ccccc2)[C@H]1OC(C)=O. The van der Waals surface area contributed by atoms with Crippen LogP contribution in [0.5, 0.6) is 0 Å². The van der Waals surface area contributed by atoms with E-state index in [1.165, 1.54) is 13.8 Å². The molecule has 0 spiro atoms. The van der Waals surface area contributed by atoms with Gasteiger partial charge in [-0.25, -0.2) is 0 Å². The molecule has 0 bridgehead atoms. The monoisotopic (exact) mass is 391 g/mol. The van der Waals surface area contributed by atoms with Crippen LogP contribution in [0.3, 0.4) is 0 Å². The lowest BCUT2D eigenvalue weighted by molar-refractivity contribution is -0.268. The fourth-order valence-electron chi connectivity index (χ4n) is 2.99. The molecule has 8 heteroatoms. The van der Waals surface area contributed by atoms with Crippen molar-refractivity contribution >= 4 is 11.9 Å². The molecule has 5 atom stereocenters. The predicted molar refractivity (Wildman–Crippen MR) is 98.7 cm³/mol. The maximum atomic E-state index is 11.6. The van der Waals surface area contributed by atoms with E-state index >= 15 is 0 Å². The zero-order valence-electron chi connectivity index (χ0n) is 15.9. The van der Waals surface area contributed by atoms with E-state index in [-0.39, 0.29) is 13.2 Å². The lowest BCUT2D eigenvalue weighted by Gasteiger charge is -2.44. The van der Waals surface area contributed by atoms with Crippen LogP contribution in [0.4, 0.5) is 0 Å². The number of hydrogen-bond donors (Lipinski definition) is 2. The second-order valence-electron chi connectivity index (χ2n) is 6.35. The number of rotatable bonds is 8. The molecule has 1 saturated heterocycles. The molecule has 0 aliphatic carbocycles. The van der Waals surface area contributed by atoms with E-state index < -0.39 is 42.5 Å². The Bertz CT molecular complexity index is 688. The number of carbonyl (C=O) groups is 2. The lowest BCUT2D eigenvalue weighted by atomic mass is 9.96. The molecule has 2 rings (SSSR count). The third kappa shape index (κ3) is 6.32. The van der Waals surface area contributed by atoms with Crippen LogP contribution < -0.4 is 5.32 Å². The van der Waals surface area contributed by atoms with Crippen molar-refractivity contribution in [2.24, 2.45) is 0 Å². The highest BCUT2D eigenvalue weighted by molar-refractivity contribution is 5.73. The number of nitrogens with one attached hydrogen (secondary N) is 1. The lowest BCUT2D eigenvalue weighted by Crippen LogP contribution is -2.65. The number of ether oxygens (including phenoxy) is 4. The number of carbonyl (C=O) groups excluding carboxylic acids is 2. The molecule has 8 nitrogen and oxygen atoms in total. The Labute approximate surface area is 164 Å². The highest BCUT2D eigenvalue weighted by Gasteiger charge is 2.48. The average Bonchev–Trinajstić information content (AvgIpc) is 2.64. The first-order chi connectivity index (χ1) is 13.4. The third-order valence-electron chi connectivity index (χ3n) is 4.09. The predicted octanol–water partition coefficient (Wildman–Crippen LogP) is 0.375. The number of hydrogen-bond acceptors (Lipinski definition) is 7. The van der Waals surface area contributed by atoms with E-state index in [4.69, 9.17) is 25.4 Å². The first-order valence-corrected chi connectivity index (χ1v) is 8.87. The topological polar surface area (TPSA) is 103 Å². The van der Waals surface area contributed by atoms with Crippen LogP contribution in [0.2, 0.25) is 0 Å². The summed E-state index contributed by atoms with van der Waals surface area (Å²) in [5, 5.41) is 12.9. The van der Waals surface area contributed by atoms with Gasteiger partial charge in [0.05, 0.1) is 13.2 Å².